The third kappa shape index (κ3) is 3.78. The number of halogens is 4. The summed E-state index contributed by atoms with van der Waals surface area (Å²) in [7, 11) is 0. The van der Waals surface area contributed by atoms with E-state index >= 15 is 0 Å². The van der Waals surface area contributed by atoms with Crippen molar-refractivity contribution in [3.63, 3.8) is 0 Å². The average molecular weight is 405 g/mol. The van der Waals surface area contributed by atoms with Crippen LogP contribution in [0.15, 0.2) is 46.2 Å². The van der Waals surface area contributed by atoms with Crippen LogP contribution in [0.3, 0.4) is 0 Å². The molecule has 0 fully saturated rings. The first-order valence-corrected chi connectivity index (χ1v) is 8.95. The molecule has 0 saturated heterocycles. The molecule has 2 heterocycles. The van der Waals surface area contributed by atoms with Gasteiger partial charge in [0.05, 0.1) is 27.0 Å². The lowest BCUT2D eigenvalue weighted by molar-refractivity contribution is 1.28. The fourth-order valence-corrected chi connectivity index (χ4v) is 4.02. The van der Waals surface area contributed by atoms with Crippen LogP contribution in [0.25, 0.3) is 5.03 Å². The highest BCUT2D eigenvalue weighted by molar-refractivity contribution is 7.99. The number of thioether (sulfide) groups is 1. The molecule has 0 bridgehead atoms. The fourth-order valence-electron chi connectivity index (χ4n) is 1.98. The van der Waals surface area contributed by atoms with Crippen LogP contribution >= 0.6 is 58.2 Å². The van der Waals surface area contributed by atoms with Crippen LogP contribution in [0.2, 0.25) is 15.1 Å². The van der Waals surface area contributed by atoms with Crippen LogP contribution < -0.4 is 5.43 Å². The van der Waals surface area contributed by atoms with Crippen molar-refractivity contribution in [3.8, 4) is 0 Å². The maximum atomic E-state index is 6.46. The van der Waals surface area contributed by atoms with E-state index in [9.17, 15) is 0 Å². The van der Waals surface area contributed by atoms with Crippen LogP contribution in [0.1, 0.15) is 5.56 Å². The summed E-state index contributed by atoms with van der Waals surface area (Å²) in [6, 6.07) is 5.67. The Balaban J connectivity index is 1.84. The molecule has 0 saturated carbocycles. The molecule has 1 aliphatic heterocycles. The summed E-state index contributed by atoms with van der Waals surface area (Å²) >= 11 is 26.2. The third-order valence-corrected chi connectivity index (χ3v) is 5.47. The average Bonchev–Trinajstić information content (AvgIpc) is 2.53. The Labute approximate surface area is 157 Å². The van der Waals surface area contributed by atoms with Gasteiger partial charge in [0, 0.05) is 39.2 Å². The van der Waals surface area contributed by atoms with Crippen molar-refractivity contribution in [3.05, 3.63) is 56.8 Å². The molecule has 2 aromatic rings. The van der Waals surface area contributed by atoms with Gasteiger partial charge in [0.1, 0.15) is 0 Å². The van der Waals surface area contributed by atoms with Gasteiger partial charge in [-0.3, -0.25) is 10.4 Å². The summed E-state index contributed by atoms with van der Waals surface area (Å²) < 4.78 is 0. The Morgan fingerprint density at radius 2 is 1.87 bits per heavy atom. The van der Waals surface area contributed by atoms with Crippen molar-refractivity contribution in [2.45, 2.75) is 4.90 Å². The van der Waals surface area contributed by atoms with Gasteiger partial charge < -0.3 is 0 Å². The molecule has 0 unspecified atom stereocenters. The highest BCUT2D eigenvalue weighted by atomic mass is 35.5. The van der Waals surface area contributed by atoms with Crippen molar-refractivity contribution in [1.82, 2.24) is 4.98 Å². The van der Waals surface area contributed by atoms with E-state index in [2.05, 4.69) is 15.5 Å². The van der Waals surface area contributed by atoms with E-state index in [0.29, 0.717) is 25.8 Å². The summed E-state index contributed by atoms with van der Waals surface area (Å²) in [6.07, 6.45) is 4.64. The van der Waals surface area contributed by atoms with E-state index in [4.69, 9.17) is 46.4 Å². The predicted octanol–water partition coefficient (Wildman–Crippen LogP) is 6.20. The van der Waals surface area contributed by atoms with Crippen LogP contribution in [0.5, 0.6) is 0 Å². The van der Waals surface area contributed by atoms with Gasteiger partial charge in [0.2, 0.25) is 0 Å². The first-order valence-electron chi connectivity index (χ1n) is 6.45. The second-order valence-corrected chi connectivity index (χ2v) is 7.26. The normalized spacial score (nSPS) is 14.3. The maximum absolute atomic E-state index is 6.46. The number of nitrogens with zero attached hydrogens (tertiary/aromatic N) is 2. The van der Waals surface area contributed by atoms with Gasteiger partial charge in [-0.05, 0) is 18.2 Å². The zero-order chi connectivity index (χ0) is 16.4. The molecular formula is C15H9Cl4N3S. The van der Waals surface area contributed by atoms with Gasteiger partial charge in [0.15, 0.2) is 0 Å². The molecule has 8 heteroatoms. The Kier molecular flexibility index (Phi) is 5.39. The number of rotatable bonds is 3. The lowest BCUT2D eigenvalue weighted by Gasteiger charge is -2.17. The standard InChI is InChI=1S/C15H9Cl4N3S/c16-9-1-2-13-10(3-9)14(19)8(7-23-13)4-21-22-15-11(17)5-20-6-12(15)18/h1-6H,7H2,(H,20,22)/b21-4-. The maximum Gasteiger partial charge on any atom is 0.0965 e. The minimum absolute atomic E-state index is 0.393. The summed E-state index contributed by atoms with van der Waals surface area (Å²) in [5.41, 5.74) is 5.13. The summed E-state index contributed by atoms with van der Waals surface area (Å²) in [5, 5.41) is 6.24. The molecule has 0 amide bonds. The Morgan fingerprint density at radius 1 is 1.13 bits per heavy atom. The smallest absolute Gasteiger partial charge is 0.0965 e. The van der Waals surface area contributed by atoms with Gasteiger partial charge in [-0.1, -0.05) is 46.4 Å². The second kappa shape index (κ2) is 7.32. The lowest BCUT2D eigenvalue weighted by Crippen LogP contribution is -2.02. The second-order valence-electron chi connectivity index (χ2n) is 4.62. The predicted molar refractivity (Wildman–Crippen MR) is 101 cm³/mol. The van der Waals surface area contributed by atoms with E-state index in [1.165, 1.54) is 12.4 Å². The molecule has 3 rings (SSSR count). The van der Waals surface area contributed by atoms with E-state index in [1.54, 1.807) is 18.0 Å². The number of hydrazone groups is 1. The topological polar surface area (TPSA) is 37.3 Å². The summed E-state index contributed by atoms with van der Waals surface area (Å²) in [6.45, 7) is 0. The Morgan fingerprint density at radius 3 is 2.61 bits per heavy atom. The SMILES string of the molecule is ClC1=C(/C=N\Nc2c(Cl)cncc2Cl)CSc2ccc(Cl)cc21. The molecule has 0 atom stereocenters. The van der Waals surface area contributed by atoms with E-state index in [0.717, 1.165) is 21.8 Å². The zero-order valence-electron chi connectivity index (χ0n) is 11.5. The number of fused-ring (bicyclic) bond motifs is 1. The van der Waals surface area contributed by atoms with Crippen LogP contribution in [0, 0.1) is 0 Å². The number of anilines is 1. The van der Waals surface area contributed by atoms with Crippen molar-refractivity contribution < 1.29 is 0 Å². The lowest BCUT2D eigenvalue weighted by atomic mass is 10.1. The van der Waals surface area contributed by atoms with Gasteiger partial charge in [0.25, 0.3) is 0 Å². The minimum Gasteiger partial charge on any atom is -0.275 e. The fraction of sp³-hybridized carbons (Fsp3) is 0.0667. The first-order chi connectivity index (χ1) is 11.1. The number of hydrogen-bond donors (Lipinski definition) is 1. The van der Waals surface area contributed by atoms with Crippen LogP contribution in [-0.2, 0) is 0 Å². The molecule has 0 radical (unpaired) electrons. The summed E-state index contributed by atoms with van der Waals surface area (Å²) in [5.74, 6) is 0.719. The largest absolute Gasteiger partial charge is 0.275 e. The molecule has 1 aliphatic rings. The van der Waals surface area contributed by atoms with E-state index in [1.807, 2.05) is 18.2 Å². The number of hydrogen-bond acceptors (Lipinski definition) is 4. The molecule has 118 valence electrons. The number of aromatic nitrogens is 1. The van der Waals surface area contributed by atoms with Gasteiger partial charge in [-0.2, -0.15) is 5.10 Å². The van der Waals surface area contributed by atoms with E-state index in [-0.39, 0.29) is 0 Å². The molecule has 3 nitrogen and oxygen atoms in total. The first kappa shape index (κ1) is 16.9. The van der Waals surface area contributed by atoms with Crippen molar-refractivity contribution in [2.24, 2.45) is 5.10 Å². The highest BCUT2D eigenvalue weighted by Crippen LogP contribution is 2.40. The third-order valence-electron chi connectivity index (χ3n) is 3.09. The minimum atomic E-state index is 0.393. The molecule has 0 spiro atoms. The molecule has 0 aliphatic carbocycles. The van der Waals surface area contributed by atoms with Gasteiger partial charge >= 0.3 is 0 Å². The number of benzene rings is 1. The number of nitrogens with one attached hydrogen (secondary N) is 1. The molecule has 1 N–H and O–H groups in total. The Bertz CT molecular complexity index is 800. The van der Waals surface area contributed by atoms with Crippen molar-refractivity contribution in [1.29, 1.82) is 0 Å². The van der Waals surface area contributed by atoms with Gasteiger partial charge in [-0.25, -0.2) is 0 Å². The van der Waals surface area contributed by atoms with Crippen molar-refractivity contribution >= 4 is 75.1 Å². The molecular weight excluding hydrogens is 396 g/mol. The Hall–Kier alpha value is -0.910. The summed E-state index contributed by atoms with van der Waals surface area (Å²) in [4.78, 5) is 4.99. The van der Waals surface area contributed by atoms with Crippen molar-refractivity contribution in [2.75, 3.05) is 11.2 Å². The quantitative estimate of drug-likeness (QED) is 0.489. The van der Waals surface area contributed by atoms with Crippen LogP contribution in [0.4, 0.5) is 5.69 Å². The highest BCUT2D eigenvalue weighted by Gasteiger charge is 2.17. The molecule has 1 aromatic carbocycles. The number of pyridine rings is 1. The molecule has 23 heavy (non-hydrogen) atoms. The molecule has 1 aromatic heterocycles. The van der Waals surface area contributed by atoms with Gasteiger partial charge in [-0.15, -0.1) is 11.8 Å². The van der Waals surface area contributed by atoms with Crippen LogP contribution in [-0.4, -0.2) is 17.0 Å². The monoisotopic (exact) mass is 403 g/mol. The van der Waals surface area contributed by atoms with E-state index < -0.39 is 0 Å². The zero-order valence-corrected chi connectivity index (χ0v) is 15.3.